The lowest BCUT2D eigenvalue weighted by molar-refractivity contribution is -0.699. The Kier molecular flexibility index (Phi) is 9.18. The molecule has 0 aromatic rings. The van der Waals surface area contributed by atoms with Gasteiger partial charge in [-0.2, -0.15) is 0 Å². The average molecular weight is 542 g/mol. The molecule has 38 heavy (non-hydrogen) atoms. The predicted octanol–water partition coefficient (Wildman–Crippen LogP) is -1.81. The van der Waals surface area contributed by atoms with Crippen molar-refractivity contribution in [1.82, 2.24) is 0 Å². The Morgan fingerprint density at radius 1 is 0.921 bits per heavy atom. The van der Waals surface area contributed by atoms with E-state index in [1.165, 1.54) is 0 Å². The minimum absolute atomic E-state index is 0.0379. The number of piperidine rings is 1. The van der Waals surface area contributed by atoms with E-state index in [4.69, 9.17) is 19.9 Å². The second kappa shape index (κ2) is 12.2. The molecule has 0 spiro atoms. The Labute approximate surface area is 223 Å². The molecule has 0 aromatic carbocycles. The Bertz CT molecular complexity index is 845. The van der Waals surface area contributed by atoms with E-state index in [1.807, 2.05) is 0 Å². The van der Waals surface area contributed by atoms with Crippen molar-refractivity contribution in [2.75, 3.05) is 19.8 Å². The predicted molar refractivity (Wildman–Crippen MR) is 132 cm³/mol. The van der Waals surface area contributed by atoms with Crippen molar-refractivity contribution >= 4 is 11.6 Å². The molecule has 0 amide bonds. The fraction of sp³-hybridized carbons (Fsp3) is 0.926. The van der Waals surface area contributed by atoms with Crippen molar-refractivity contribution in [2.24, 2.45) is 35.3 Å². The number of ketones is 2. The van der Waals surface area contributed by atoms with Crippen LogP contribution in [0.3, 0.4) is 0 Å². The Balaban J connectivity index is 1.26. The quantitative estimate of drug-likeness (QED) is 0.201. The van der Waals surface area contributed by atoms with E-state index in [2.05, 4.69) is 5.32 Å². The molecule has 13 unspecified atom stereocenters. The maximum atomic E-state index is 13.4. The molecule has 5 aliphatic rings. The first-order valence-corrected chi connectivity index (χ1v) is 14.5. The highest BCUT2D eigenvalue weighted by Crippen LogP contribution is 2.47. The van der Waals surface area contributed by atoms with Crippen molar-refractivity contribution in [1.29, 1.82) is 0 Å². The molecule has 5 rings (SSSR count). The second-order valence-electron chi connectivity index (χ2n) is 12.1. The smallest absolute Gasteiger partial charge is 0.187 e. The Morgan fingerprint density at radius 2 is 1.66 bits per heavy atom. The molecule has 2 aliphatic heterocycles. The molecule has 8 N–H and O–H groups in total. The lowest BCUT2D eigenvalue weighted by atomic mass is 9.57. The number of Topliss-reactive ketones (excluding diaryl/α,β-unsaturated/α-hetero) is 2. The maximum Gasteiger partial charge on any atom is 0.187 e. The molecule has 216 valence electrons. The van der Waals surface area contributed by atoms with E-state index in [1.54, 1.807) is 0 Å². The number of aliphatic hydroxyl groups is 4. The zero-order chi connectivity index (χ0) is 27.0. The summed E-state index contributed by atoms with van der Waals surface area (Å²) in [6.07, 6.45) is -1.27. The normalized spacial score (nSPS) is 47.9. The summed E-state index contributed by atoms with van der Waals surface area (Å²) in [4.78, 5) is 26.6. The van der Waals surface area contributed by atoms with Crippen LogP contribution in [0.4, 0.5) is 0 Å². The molecule has 3 saturated carbocycles. The largest absolute Gasteiger partial charge is 0.394 e. The van der Waals surface area contributed by atoms with Gasteiger partial charge in [0.05, 0.1) is 31.3 Å². The third-order valence-electron chi connectivity index (χ3n) is 9.76. The first-order chi connectivity index (χ1) is 18.3. The fourth-order valence-corrected chi connectivity index (χ4v) is 7.63. The topological polar surface area (TPSA) is 185 Å². The van der Waals surface area contributed by atoms with Crippen LogP contribution in [0.2, 0.25) is 0 Å². The number of rotatable bonds is 7. The highest BCUT2D eigenvalue weighted by atomic mass is 16.7. The van der Waals surface area contributed by atoms with Gasteiger partial charge in [-0.1, -0.05) is 12.8 Å². The van der Waals surface area contributed by atoms with Gasteiger partial charge in [0, 0.05) is 30.8 Å². The first-order valence-electron chi connectivity index (χ1n) is 14.5. The highest BCUT2D eigenvalue weighted by molar-refractivity contribution is 6.00. The van der Waals surface area contributed by atoms with Crippen LogP contribution in [0.1, 0.15) is 57.8 Å². The molecular formula is C27H45N2O9+. The summed E-state index contributed by atoms with van der Waals surface area (Å²) in [5, 5.41) is 44.4. The van der Waals surface area contributed by atoms with Gasteiger partial charge in [-0.05, 0) is 44.4 Å². The van der Waals surface area contributed by atoms with E-state index in [9.17, 15) is 30.0 Å². The van der Waals surface area contributed by atoms with Crippen LogP contribution in [0, 0.1) is 29.6 Å². The number of carbonyl (C=O) groups excluding carboxylic acids is 2. The summed E-state index contributed by atoms with van der Waals surface area (Å²) in [6, 6.07) is 0. The van der Waals surface area contributed by atoms with Gasteiger partial charge in [0.25, 0.3) is 0 Å². The van der Waals surface area contributed by atoms with Gasteiger partial charge in [-0.3, -0.25) is 15.3 Å². The maximum absolute atomic E-state index is 13.4. The number of aliphatic hydroxyl groups excluding tert-OH is 4. The zero-order valence-corrected chi connectivity index (χ0v) is 22.0. The van der Waals surface area contributed by atoms with Crippen molar-refractivity contribution in [2.45, 2.75) is 107 Å². The van der Waals surface area contributed by atoms with Crippen molar-refractivity contribution in [3.63, 3.8) is 0 Å². The molecule has 3 aliphatic carbocycles. The van der Waals surface area contributed by atoms with Crippen LogP contribution in [-0.2, 0) is 23.8 Å². The summed E-state index contributed by atoms with van der Waals surface area (Å²) < 4.78 is 18.0. The lowest BCUT2D eigenvalue weighted by Gasteiger charge is -2.49. The van der Waals surface area contributed by atoms with Crippen LogP contribution in [0.25, 0.3) is 0 Å². The molecule has 13 atom stereocenters. The molecule has 0 aromatic heterocycles. The van der Waals surface area contributed by atoms with Crippen LogP contribution in [0.5, 0.6) is 0 Å². The highest BCUT2D eigenvalue weighted by Gasteiger charge is 2.56. The van der Waals surface area contributed by atoms with Crippen molar-refractivity contribution < 1.29 is 49.5 Å². The van der Waals surface area contributed by atoms with Gasteiger partial charge in [0.15, 0.2) is 6.29 Å². The lowest BCUT2D eigenvalue weighted by Crippen LogP contribution is -2.94. The third kappa shape index (κ3) is 5.59. The fourth-order valence-electron chi connectivity index (χ4n) is 7.63. The summed E-state index contributed by atoms with van der Waals surface area (Å²) in [5.41, 5.74) is 6.05. The van der Waals surface area contributed by atoms with Gasteiger partial charge in [0.1, 0.15) is 42.1 Å². The van der Waals surface area contributed by atoms with Crippen LogP contribution in [-0.4, -0.2) is 101 Å². The minimum atomic E-state index is -1.37. The average Bonchev–Trinajstić information content (AvgIpc) is 2.92. The summed E-state index contributed by atoms with van der Waals surface area (Å²) >= 11 is 0. The summed E-state index contributed by atoms with van der Waals surface area (Å²) in [5.74, 6) is -1.39. The molecule has 11 nitrogen and oxygen atoms in total. The number of quaternary nitrogens is 1. The van der Waals surface area contributed by atoms with Crippen molar-refractivity contribution in [3.05, 3.63) is 0 Å². The van der Waals surface area contributed by atoms with Crippen LogP contribution >= 0.6 is 0 Å². The van der Waals surface area contributed by atoms with Gasteiger partial charge < -0.3 is 40.0 Å². The number of carbonyl (C=O) groups is 2. The molecule has 11 heteroatoms. The summed E-state index contributed by atoms with van der Waals surface area (Å²) in [7, 11) is 0. The SMILES string of the molecule is NC1CC(CCOC2C(OC3CCC4C(=O)C5CCCCC5C(=O)C4C3O)OC(CO)C(O)C2O)CC[NH2+]1. The zero-order valence-electron chi connectivity index (χ0n) is 22.0. The monoisotopic (exact) mass is 541 g/mol. The standard InChI is InChI=1S/C27H44N2O9/c28-19-11-13(7-9-29-19)8-10-36-26-25(35)24(34)18(12-30)38-27(26)37-17-6-5-16-20(23(17)33)22(32)15-4-2-1-3-14(15)21(16)31/h13-20,23-27,29-30,33-35H,1-12,28H2/p+1. The third-order valence-corrected chi connectivity index (χ3v) is 9.76. The van der Waals surface area contributed by atoms with Crippen molar-refractivity contribution in [3.8, 4) is 0 Å². The van der Waals surface area contributed by atoms with E-state index in [-0.39, 0.29) is 29.6 Å². The van der Waals surface area contributed by atoms with Crippen LogP contribution in [0.15, 0.2) is 0 Å². The van der Waals surface area contributed by atoms with Gasteiger partial charge in [0.2, 0.25) is 0 Å². The summed E-state index contributed by atoms with van der Waals surface area (Å²) in [6.45, 7) is 0.719. The minimum Gasteiger partial charge on any atom is -0.394 e. The molecular weight excluding hydrogens is 496 g/mol. The van der Waals surface area contributed by atoms with Gasteiger partial charge in [-0.15, -0.1) is 0 Å². The number of fused-ring (bicyclic) bond motifs is 2. The second-order valence-corrected chi connectivity index (χ2v) is 12.1. The number of hydrogen-bond donors (Lipinski definition) is 6. The van der Waals surface area contributed by atoms with Crippen LogP contribution < -0.4 is 11.1 Å². The van der Waals surface area contributed by atoms with E-state index >= 15 is 0 Å². The molecule has 0 radical (unpaired) electrons. The van der Waals surface area contributed by atoms with Gasteiger partial charge >= 0.3 is 0 Å². The molecule has 0 bridgehead atoms. The van der Waals surface area contributed by atoms with E-state index in [0.717, 1.165) is 45.1 Å². The Hall–Kier alpha value is -1.02. The first kappa shape index (κ1) is 28.5. The van der Waals surface area contributed by atoms with E-state index in [0.29, 0.717) is 31.8 Å². The number of ether oxygens (including phenoxy) is 3. The number of hydrogen-bond acceptors (Lipinski definition) is 10. The molecule has 5 fully saturated rings. The molecule has 2 heterocycles. The Morgan fingerprint density at radius 3 is 2.37 bits per heavy atom. The van der Waals surface area contributed by atoms with E-state index < -0.39 is 61.4 Å². The van der Waals surface area contributed by atoms with Gasteiger partial charge in [-0.25, -0.2) is 0 Å². The number of nitrogens with two attached hydrogens (primary N) is 2. The molecule has 2 saturated heterocycles.